The lowest BCUT2D eigenvalue weighted by Gasteiger charge is -2.25. The second-order valence-electron chi connectivity index (χ2n) is 7.47. The van der Waals surface area contributed by atoms with E-state index in [0.29, 0.717) is 28.5 Å². The highest BCUT2D eigenvalue weighted by molar-refractivity contribution is 6.46. The Morgan fingerprint density at radius 1 is 1.15 bits per heavy atom. The summed E-state index contributed by atoms with van der Waals surface area (Å²) in [6.45, 7) is 4.11. The molecule has 1 unspecified atom stereocenters. The van der Waals surface area contributed by atoms with Crippen LogP contribution in [0.1, 0.15) is 22.7 Å². The highest BCUT2D eigenvalue weighted by Crippen LogP contribution is 2.41. The molecule has 0 bridgehead atoms. The minimum Gasteiger partial charge on any atom is -0.507 e. The largest absolute Gasteiger partial charge is 0.507 e. The number of carbonyl (C=O) groups excluding carboxylic acids is 2. The van der Waals surface area contributed by atoms with E-state index in [1.54, 1.807) is 73.1 Å². The molecule has 6 nitrogen and oxygen atoms in total. The molecule has 1 saturated heterocycles. The van der Waals surface area contributed by atoms with Crippen LogP contribution in [-0.2, 0) is 16.1 Å². The first-order chi connectivity index (χ1) is 16.0. The fourth-order valence-electron chi connectivity index (χ4n) is 3.77. The first-order valence-electron chi connectivity index (χ1n) is 10.3. The van der Waals surface area contributed by atoms with Gasteiger partial charge in [-0.2, -0.15) is 0 Å². The number of halogens is 1. The molecule has 7 heteroatoms. The average molecular weight is 461 g/mol. The lowest BCUT2D eigenvalue weighted by Crippen LogP contribution is -2.29. The monoisotopic (exact) mass is 460 g/mol. The molecule has 1 atom stereocenters. The number of nitrogens with zero attached hydrogens (tertiary/aromatic N) is 2. The van der Waals surface area contributed by atoms with E-state index in [9.17, 15) is 14.7 Å². The van der Waals surface area contributed by atoms with E-state index >= 15 is 0 Å². The van der Waals surface area contributed by atoms with Gasteiger partial charge in [0.15, 0.2) is 0 Å². The van der Waals surface area contributed by atoms with Crippen LogP contribution in [0, 0.1) is 0 Å². The number of ketones is 1. The van der Waals surface area contributed by atoms with Gasteiger partial charge in [0.05, 0.1) is 11.6 Å². The van der Waals surface area contributed by atoms with Gasteiger partial charge in [-0.15, -0.1) is 0 Å². The van der Waals surface area contributed by atoms with E-state index in [2.05, 4.69) is 11.6 Å². The van der Waals surface area contributed by atoms with E-state index < -0.39 is 17.7 Å². The van der Waals surface area contributed by atoms with Crippen LogP contribution in [0.4, 0.5) is 0 Å². The highest BCUT2D eigenvalue weighted by atomic mass is 35.5. The van der Waals surface area contributed by atoms with Gasteiger partial charge >= 0.3 is 0 Å². The van der Waals surface area contributed by atoms with Crippen LogP contribution in [0.2, 0.25) is 5.02 Å². The van der Waals surface area contributed by atoms with E-state index in [4.69, 9.17) is 16.3 Å². The topological polar surface area (TPSA) is 79.7 Å². The summed E-state index contributed by atoms with van der Waals surface area (Å²) in [5.74, 6) is -1.16. The number of rotatable bonds is 7. The molecule has 0 radical (unpaired) electrons. The van der Waals surface area contributed by atoms with Crippen LogP contribution in [0.3, 0.4) is 0 Å². The van der Waals surface area contributed by atoms with Crippen molar-refractivity contribution in [2.45, 2.75) is 12.6 Å². The maximum atomic E-state index is 13.1. The Morgan fingerprint density at radius 2 is 1.94 bits per heavy atom. The molecule has 33 heavy (non-hydrogen) atoms. The smallest absolute Gasteiger partial charge is 0.295 e. The second kappa shape index (κ2) is 9.71. The van der Waals surface area contributed by atoms with Gasteiger partial charge in [-0.05, 0) is 53.6 Å². The molecule has 1 amide bonds. The van der Waals surface area contributed by atoms with Gasteiger partial charge in [-0.25, -0.2) is 0 Å². The number of hydrogen-bond acceptors (Lipinski definition) is 5. The van der Waals surface area contributed by atoms with Crippen LogP contribution in [0.5, 0.6) is 5.75 Å². The quantitative estimate of drug-likeness (QED) is 0.234. The van der Waals surface area contributed by atoms with E-state index in [0.717, 1.165) is 5.56 Å². The van der Waals surface area contributed by atoms with Crippen molar-refractivity contribution >= 4 is 29.1 Å². The number of Topliss-reactive ketones (excluding diaryl/α,β-unsaturated/α-hetero) is 1. The fraction of sp³-hybridized carbons (Fsp3) is 0.115. The molecular formula is C26H21ClN2O4. The van der Waals surface area contributed by atoms with Gasteiger partial charge in [0, 0.05) is 29.5 Å². The third-order valence-electron chi connectivity index (χ3n) is 5.28. The number of hydrogen-bond donors (Lipinski definition) is 1. The first-order valence-corrected chi connectivity index (χ1v) is 10.6. The number of amides is 1. The average Bonchev–Trinajstić information content (AvgIpc) is 3.08. The van der Waals surface area contributed by atoms with Crippen LogP contribution < -0.4 is 4.74 Å². The highest BCUT2D eigenvalue weighted by Gasteiger charge is 2.46. The van der Waals surface area contributed by atoms with E-state index in [1.165, 1.54) is 4.90 Å². The fourth-order valence-corrected chi connectivity index (χ4v) is 3.90. The molecule has 0 spiro atoms. The SMILES string of the molecule is C=CCOc1cccc(C2C(=C(O)c3ccc(Cl)cc3)C(=O)C(=O)N2Cc2cccnc2)c1. The summed E-state index contributed by atoms with van der Waals surface area (Å²) in [7, 11) is 0. The van der Waals surface area contributed by atoms with E-state index in [-0.39, 0.29) is 17.9 Å². The third-order valence-corrected chi connectivity index (χ3v) is 5.53. The van der Waals surface area contributed by atoms with Crippen LogP contribution in [0.15, 0.2) is 91.3 Å². The summed E-state index contributed by atoms with van der Waals surface area (Å²) in [5.41, 5.74) is 1.79. The van der Waals surface area contributed by atoms with Crippen molar-refractivity contribution in [2.24, 2.45) is 0 Å². The van der Waals surface area contributed by atoms with Gasteiger partial charge in [0.25, 0.3) is 11.7 Å². The third kappa shape index (κ3) is 4.66. The molecule has 0 aliphatic carbocycles. The Hall–Kier alpha value is -3.90. The number of pyridine rings is 1. The van der Waals surface area contributed by atoms with Gasteiger partial charge in [-0.1, -0.05) is 42.5 Å². The number of benzene rings is 2. The Bertz CT molecular complexity index is 1220. The van der Waals surface area contributed by atoms with Crippen molar-refractivity contribution < 1.29 is 19.4 Å². The molecule has 166 valence electrons. The molecule has 2 aromatic carbocycles. The lowest BCUT2D eigenvalue weighted by atomic mass is 9.95. The molecule has 1 aliphatic rings. The number of likely N-dealkylation sites (tertiary alicyclic amines) is 1. The van der Waals surface area contributed by atoms with Crippen molar-refractivity contribution in [3.8, 4) is 5.75 Å². The van der Waals surface area contributed by atoms with Gasteiger partial charge in [0.2, 0.25) is 0 Å². The molecule has 1 aliphatic heterocycles. The zero-order valence-corrected chi connectivity index (χ0v) is 18.4. The zero-order valence-electron chi connectivity index (χ0n) is 17.6. The molecule has 4 rings (SSSR count). The molecule has 1 fully saturated rings. The Morgan fingerprint density at radius 3 is 2.64 bits per heavy atom. The van der Waals surface area contributed by atoms with Gasteiger partial charge < -0.3 is 14.7 Å². The minimum absolute atomic E-state index is 0.00656. The van der Waals surface area contributed by atoms with Gasteiger partial charge in [-0.3, -0.25) is 14.6 Å². The molecular weight excluding hydrogens is 440 g/mol. The number of aromatic nitrogens is 1. The number of aliphatic hydroxyl groups excluding tert-OH is 1. The summed E-state index contributed by atoms with van der Waals surface area (Å²) in [6.07, 6.45) is 4.90. The summed E-state index contributed by atoms with van der Waals surface area (Å²) >= 11 is 5.97. The normalized spacial score (nSPS) is 17.2. The minimum atomic E-state index is -0.812. The summed E-state index contributed by atoms with van der Waals surface area (Å²) < 4.78 is 5.65. The molecule has 1 N–H and O–H groups in total. The van der Waals surface area contributed by atoms with Crippen molar-refractivity contribution in [2.75, 3.05) is 6.61 Å². The van der Waals surface area contributed by atoms with Crippen molar-refractivity contribution in [1.29, 1.82) is 0 Å². The molecule has 0 saturated carbocycles. The van der Waals surface area contributed by atoms with Crippen LogP contribution in [-0.4, -0.2) is 33.3 Å². The molecule has 2 heterocycles. The number of carbonyl (C=O) groups is 2. The Kier molecular flexibility index (Phi) is 6.56. The standard InChI is InChI=1S/C26H21ClN2O4/c1-2-13-33-21-7-3-6-19(14-21)23-22(24(30)18-8-10-20(27)11-9-18)25(31)26(32)29(23)16-17-5-4-12-28-15-17/h2-12,14-15,23,30H,1,13,16H2. The number of aliphatic hydroxyl groups is 1. The number of ether oxygens (including phenoxy) is 1. The summed E-state index contributed by atoms with van der Waals surface area (Å²) in [6, 6.07) is 16.3. The molecule has 1 aromatic heterocycles. The predicted octanol–water partition coefficient (Wildman–Crippen LogP) is 4.92. The maximum Gasteiger partial charge on any atom is 0.295 e. The zero-order chi connectivity index (χ0) is 23.4. The summed E-state index contributed by atoms with van der Waals surface area (Å²) in [5, 5.41) is 11.6. The van der Waals surface area contributed by atoms with Crippen molar-refractivity contribution in [1.82, 2.24) is 9.88 Å². The van der Waals surface area contributed by atoms with Gasteiger partial charge in [0.1, 0.15) is 18.1 Å². The summed E-state index contributed by atoms with van der Waals surface area (Å²) in [4.78, 5) is 31.8. The Balaban J connectivity index is 1.84. The van der Waals surface area contributed by atoms with E-state index in [1.807, 2.05) is 6.07 Å². The predicted molar refractivity (Wildman–Crippen MR) is 126 cm³/mol. The second-order valence-corrected chi connectivity index (χ2v) is 7.90. The molecule has 3 aromatic rings. The first kappa shape index (κ1) is 22.3. The van der Waals surface area contributed by atoms with Crippen LogP contribution in [0.25, 0.3) is 5.76 Å². The Labute approximate surface area is 196 Å². The van der Waals surface area contributed by atoms with Crippen molar-refractivity contribution in [3.05, 3.63) is 113 Å². The lowest BCUT2D eigenvalue weighted by molar-refractivity contribution is -0.140. The van der Waals surface area contributed by atoms with Crippen molar-refractivity contribution in [3.63, 3.8) is 0 Å². The maximum absolute atomic E-state index is 13.1. The van der Waals surface area contributed by atoms with Crippen LogP contribution >= 0.6 is 11.6 Å².